The number of rotatable bonds is 2. The van der Waals surface area contributed by atoms with E-state index < -0.39 is 0 Å². The summed E-state index contributed by atoms with van der Waals surface area (Å²) < 4.78 is 7.70. The summed E-state index contributed by atoms with van der Waals surface area (Å²) in [5.41, 5.74) is 5.50. The highest BCUT2D eigenvalue weighted by Gasteiger charge is 2.29. The summed E-state index contributed by atoms with van der Waals surface area (Å²) in [6.45, 7) is 4.78. The van der Waals surface area contributed by atoms with Crippen molar-refractivity contribution in [3.63, 3.8) is 0 Å². The van der Waals surface area contributed by atoms with Crippen molar-refractivity contribution in [1.82, 2.24) is 14.5 Å². The summed E-state index contributed by atoms with van der Waals surface area (Å²) >= 11 is 1.70. The van der Waals surface area contributed by atoms with Gasteiger partial charge in [0, 0.05) is 18.2 Å². The minimum absolute atomic E-state index is 0.129. The van der Waals surface area contributed by atoms with Crippen molar-refractivity contribution >= 4 is 38.3 Å². The third-order valence-electron chi connectivity index (χ3n) is 4.71. The molecule has 1 aliphatic rings. The monoisotopic (exact) mass is 350 g/mol. The van der Waals surface area contributed by atoms with Crippen LogP contribution < -0.4 is 5.32 Å². The van der Waals surface area contributed by atoms with E-state index in [1.807, 2.05) is 13.0 Å². The maximum atomic E-state index is 5.42. The lowest BCUT2D eigenvalue weighted by Crippen LogP contribution is -2.20. The molecule has 1 aliphatic heterocycles. The van der Waals surface area contributed by atoms with Crippen molar-refractivity contribution in [2.24, 2.45) is 0 Å². The number of para-hydroxylation sites is 2. The second-order valence-corrected chi connectivity index (χ2v) is 7.46. The number of ether oxygens (including phenoxy) is 1. The van der Waals surface area contributed by atoms with Gasteiger partial charge in [-0.25, -0.2) is 9.97 Å². The Morgan fingerprint density at radius 2 is 2.12 bits per heavy atom. The fourth-order valence-electron chi connectivity index (χ4n) is 3.75. The minimum Gasteiger partial charge on any atom is -0.380 e. The highest BCUT2D eigenvalue weighted by atomic mass is 32.1. The summed E-state index contributed by atoms with van der Waals surface area (Å²) in [6, 6.07) is 10.4. The molecule has 0 amide bonds. The fraction of sp³-hybridized carbons (Fsp3) is 0.263. The Bertz CT molecular complexity index is 1130. The van der Waals surface area contributed by atoms with E-state index in [-0.39, 0.29) is 6.17 Å². The van der Waals surface area contributed by atoms with E-state index in [1.54, 1.807) is 18.4 Å². The third kappa shape index (κ3) is 2.04. The molecule has 126 valence electrons. The van der Waals surface area contributed by atoms with Crippen molar-refractivity contribution in [3.8, 4) is 10.7 Å². The molecule has 0 unspecified atom stereocenters. The number of aryl methyl sites for hydroxylation is 1. The quantitative estimate of drug-likeness (QED) is 0.569. The second kappa shape index (κ2) is 5.28. The molecule has 25 heavy (non-hydrogen) atoms. The highest BCUT2D eigenvalue weighted by Crippen LogP contribution is 2.48. The Kier molecular flexibility index (Phi) is 3.14. The van der Waals surface area contributed by atoms with Crippen molar-refractivity contribution in [2.45, 2.75) is 26.6 Å². The summed E-state index contributed by atoms with van der Waals surface area (Å²) in [4.78, 5) is 11.9. The molecule has 0 radical (unpaired) electrons. The van der Waals surface area contributed by atoms with Crippen molar-refractivity contribution < 1.29 is 4.74 Å². The number of nitrogens with one attached hydrogen (secondary N) is 1. The third-order valence-corrected chi connectivity index (χ3v) is 5.79. The molecule has 3 aromatic heterocycles. The SMILES string of the molecule is COCc1cc(C)nc2sc3c(c12)N[C@@H](C)n1c-3nc2ccccc21. The van der Waals surface area contributed by atoms with E-state index in [9.17, 15) is 0 Å². The summed E-state index contributed by atoms with van der Waals surface area (Å²) in [6.07, 6.45) is 0.129. The molecule has 6 heteroatoms. The molecule has 0 saturated carbocycles. The molecule has 0 aliphatic carbocycles. The van der Waals surface area contributed by atoms with Gasteiger partial charge in [-0.2, -0.15) is 0 Å². The number of thiophene rings is 1. The van der Waals surface area contributed by atoms with Gasteiger partial charge in [0.1, 0.15) is 11.0 Å². The number of anilines is 1. The molecule has 4 heterocycles. The summed E-state index contributed by atoms with van der Waals surface area (Å²) in [5.74, 6) is 1.02. The van der Waals surface area contributed by atoms with Crippen molar-refractivity contribution in [1.29, 1.82) is 0 Å². The molecule has 0 spiro atoms. The maximum Gasteiger partial charge on any atom is 0.155 e. The largest absolute Gasteiger partial charge is 0.380 e. The summed E-state index contributed by atoms with van der Waals surface area (Å²) in [7, 11) is 1.73. The van der Waals surface area contributed by atoms with Gasteiger partial charge in [-0.1, -0.05) is 12.1 Å². The number of imidazole rings is 1. The van der Waals surface area contributed by atoms with E-state index in [0.29, 0.717) is 6.61 Å². The summed E-state index contributed by atoms with van der Waals surface area (Å²) in [5, 5.41) is 4.84. The van der Waals surface area contributed by atoms with Crippen LogP contribution in [0.5, 0.6) is 0 Å². The molecular formula is C19H18N4OS. The number of fused-ring (bicyclic) bond motifs is 7. The molecule has 1 atom stereocenters. The molecular weight excluding hydrogens is 332 g/mol. The average molecular weight is 350 g/mol. The normalized spacial score (nSPS) is 16.0. The van der Waals surface area contributed by atoms with Crippen LogP contribution in [0, 0.1) is 6.92 Å². The van der Waals surface area contributed by atoms with E-state index in [2.05, 4.69) is 41.1 Å². The lowest BCUT2D eigenvalue weighted by molar-refractivity contribution is 0.186. The van der Waals surface area contributed by atoms with Crippen LogP contribution in [0.4, 0.5) is 5.69 Å². The van der Waals surface area contributed by atoms with Crippen LogP contribution in [0.15, 0.2) is 30.3 Å². The Balaban J connectivity index is 1.86. The number of nitrogens with zero attached hydrogens (tertiary/aromatic N) is 3. The number of pyridine rings is 1. The molecule has 5 rings (SSSR count). The van der Waals surface area contributed by atoms with Gasteiger partial charge in [-0.15, -0.1) is 11.3 Å². The Morgan fingerprint density at radius 1 is 1.28 bits per heavy atom. The molecule has 1 aromatic carbocycles. The lowest BCUT2D eigenvalue weighted by Gasteiger charge is -2.25. The van der Waals surface area contributed by atoms with Gasteiger partial charge in [0.05, 0.1) is 28.2 Å². The van der Waals surface area contributed by atoms with E-state index in [4.69, 9.17) is 14.7 Å². The predicted molar refractivity (Wildman–Crippen MR) is 102 cm³/mol. The minimum atomic E-state index is 0.129. The molecule has 0 saturated heterocycles. The van der Waals surface area contributed by atoms with Crippen LogP contribution in [-0.2, 0) is 11.3 Å². The molecule has 5 nitrogen and oxygen atoms in total. The Hall–Kier alpha value is -2.44. The topological polar surface area (TPSA) is 52.0 Å². The van der Waals surface area contributed by atoms with E-state index in [0.717, 1.165) is 43.3 Å². The number of hydrogen-bond donors (Lipinski definition) is 1. The Morgan fingerprint density at radius 3 is 2.96 bits per heavy atom. The van der Waals surface area contributed by atoms with E-state index in [1.165, 1.54) is 5.56 Å². The number of methoxy groups -OCH3 is 1. The first-order valence-electron chi connectivity index (χ1n) is 8.33. The van der Waals surface area contributed by atoms with Crippen LogP contribution in [-0.4, -0.2) is 21.6 Å². The number of hydrogen-bond acceptors (Lipinski definition) is 5. The van der Waals surface area contributed by atoms with Gasteiger partial charge >= 0.3 is 0 Å². The molecule has 0 bridgehead atoms. The maximum absolute atomic E-state index is 5.42. The molecule has 0 fully saturated rings. The highest BCUT2D eigenvalue weighted by molar-refractivity contribution is 7.22. The van der Waals surface area contributed by atoms with Gasteiger partial charge in [0.25, 0.3) is 0 Å². The van der Waals surface area contributed by atoms with Crippen LogP contribution in [0.25, 0.3) is 32.0 Å². The van der Waals surface area contributed by atoms with Gasteiger partial charge < -0.3 is 14.6 Å². The lowest BCUT2D eigenvalue weighted by atomic mass is 10.1. The van der Waals surface area contributed by atoms with Crippen LogP contribution in [0.3, 0.4) is 0 Å². The standard InChI is InChI=1S/C19H18N4OS/c1-10-8-12(9-24-3)15-16-17(25-19(15)20-10)18-22-13-6-4-5-7-14(13)23(18)11(2)21-16/h4-8,11,21H,9H2,1-3H3/t11-/m1/s1. The zero-order valence-corrected chi connectivity index (χ0v) is 15.1. The first kappa shape index (κ1) is 14.9. The predicted octanol–water partition coefficient (Wildman–Crippen LogP) is 4.71. The van der Waals surface area contributed by atoms with E-state index >= 15 is 0 Å². The van der Waals surface area contributed by atoms with Crippen LogP contribution in [0.2, 0.25) is 0 Å². The fourth-order valence-corrected chi connectivity index (χ4v) is 4.96. The van der Waals surface area contributed by atoms with Gasteiger partial charge in [-0.05, 0) is 37.6 Å². The van der Waals surface area contributed by atoms with Gasteiger partial charge in [0.15, 0.2) is 5.82 Å². The number of aromatic nitrogens is 3. The first-order chi connectivity index (χ1) is 12.2. The van der Waals surface area contributed by atoms with Crippen molar-refractivity contribution in [2.75, 3.05) is 12.4 Å². The van der Waals surface area contributed by atoms with Crippen LogP contribution >= 0.6 is 11.3 Å². The average Bonchev–Trinajstić information content (AvgIpc) is 3.13. The van der Waals surface area contributed by atoms with Crippen LogP contribution in [0.1, 0.15) is 24.3 Å². The zero-order chi connectivity index (χ0) is 17.1. The van der Waals surface area contributed by atoms with Gasteiger partial charge in [-0.3, -0.25) is 0 Å². The molecule has 1 N–H and O–H groups in total. The smallest absolute Gasteiger partial charge is 0.155 e. The van der Waals surface area contributed by atoms with Crippen molar-refractivity contribution in [3.05, 3.63) is 41.6 Å². The Labute approximate surface area is 149 Å². The second-order valence-electron chi connectivity index (χ2n) is 6.46. The zero-order valence-electron chi connectivity index (χ0n) is 14.3. The first-order valence-corrected chi connectivity index (χ1v) is 9.15. The number of benzene rings is 1. The molecule has 4 aromatic rings. The van der Waals surface area contributed by atoms with Gasteiger partial charge in [0.2, 0.25) is 0 Å².